The minimum Gasteiger partial charge on any atom is -0.293 e. The minimum absolute atomic E-state index is 0.000809. The van der Waals surface area contributed by atoms with Gasteiger partial charge in [-0.1, -0.05) is 0 Å². The molecular weight excluding hydrogens is 288 g/mol. The Morgan fingerprint density at radius 3 is 1.78 bits per heavy atom. The van der Waals surface area contributed by atoms with Crippen molar-refractivity contribution in [3.05, 3.63) is 47.1 Å². The standard InChI is InChI=1S/C10H12N2O.C8H10N2/c1-7(13)10-6-11-8-4-2-3-5-9(8)12-10;1-2-4-8-7(3-1)9-5-6-10-8/h6H,2-5H2,1H3;5-6H,1-4H2. The van der Waals surface area contributed by atoms with Gasteiger partial charge in [-0.2, -0.15) is 0 Å². The Hall–Kier alpha value is -2.17. The number of fused-ring (bicyclic) bond motifs is 2. The average molecular weight is 310 g/mol. The van der Waals surface area contributed by atoms with Crippen molar-refractivity contribution in [2.24, 2.45) is 0 Å². The van der Waals surface area contributed by atoms with Gasteiger partial charge in [-0.25, -0.2) is 4.98 Å². The smallest absolute Gasteiger partial charge is 0.179 e. The first-order chi connectivity index (χ1) is 11.2. The highest BCUT2D eigenvalue weighted by molar-refractivity contribution is 5.91. The molecule has 5 heteroatoms. The molecule has 0 aromatic carbocycles. The van der Waals surface area contributed by atoms with Crippen LogP contribution < -0.4 is 0 Å². The molecule has 0 radical (unpaired) electrons. The maximum atomic E-state index is 11.0. The van der Waals surface area contributed by atoms with Crippen LogP contribution in [-0.2, 0) is 25.7 Å². The summed E-state index contributed by atoms with van der Waals surface area (Å²) < 4.78 is 0. The quantitative estimate of drug-likeness (QED) is 0.758. The van der Waals surface area contributed by atoms with E-state index >= 15 is 0 Å². The number of carbonyl (C=O) groups is 1. The van der Waals surface area contributed by atoms with Crippen molar-refractivity contribution in [2.75, 3.05) is 0 Å². The molecule has 0 aliphatic heterocycles. The molecule has 0 unspecified atom stereocenters. The van der Waals surface area contributed by atoms with Gasteiger partial charge >= 0.3 is 0 Å². The van der Waals surface area contributed by atoms with Crippen molar-refractivity contribution in [1.82, 2.24) is 19.9 Å². The first-order valence-corrected chi connectivity index (χ1v) is 8.38. The molecule has 2 aliphatic carbocycles. The predicted molar refractivity (Wildman–Crippen MR) is 87.4 cm³/mol. The average Bonchev–Trinajstić information content (AvgIpc) is 2.62. The van der Waals surface area contributed by atoms with E-state index in [0.29, 0.717) is 5.69 Å². The van der Waals surface area contributed by atoms with E-state index in [2.05, 4.69) is 19.9 Å². The molecule has 0 amide bonds. The second-order valence-corrected chi connectivity index (χ2v) is 6.07. The molecule has 5 nitrogen and oxygen atoms in total. The van der Waals surface area contributed by atoms with E-state index in [-0.39, 0.29) is 5.78 Å². The molecule has 2 aromatic heterocycles. The molecule has 0 bridgehead atoms. The third-order valence-corrected chi connectivity index (χ3v) is 4.31. The zero-order valence-corrected chi connectivity index (χ0v) is 13.6. The van der Waals surface area contributed by atoms with Crippen LogP contribution in [0, 0.1) is 0 Å². The highest BCUT2D eigenvalue weighted by atomic mass is 16.1. The Bertz CT molecular complexity index is 674. The zero-order chi connectivity index (χ0) is 16.1. The monoisotopic (exact) mass is 310 g/mol. The molecule has 2 aromatic rings. The van der Waals surface area contributed by atoms with Crippen molar-refractivity contribution in [2.45, 2.75) is 58.3 Å². The number of ketones is 1. The lowest BCUT2D eigenvalue weighted by molar-refractivity contribution is 0.101. The number of Topliss-reactive ketones (excluding diaryl/α,β-unsaturated/α-hetero) is 1. The SMILES string of the molecule is CC(=O)c1cnc2c(n1)CCCC2.c1cnc2c(n1)CCCC2. The number of aryl methyl sites for hydroxylation is 4. The van der Waals surface area contributed by atoms with Gasteiger partial charge in [-0.15, -0.1) is 0 Å². The number of hydrogen-bond acceptors (Lipinski definition) is 5. The van der Waals surface area contributed by atoms with Gasteiger partial charge in [0.2, 0.25) is 0 Å². The zero-order valence-electron chi connectivity index (χ0n) is 13.6. The van der Waals surface area contributed by atoms with Crippen LogP contribution in [0.2, 0.25) is 0 Å². The first-order valence-electron chi connectivity index (χ1n) is 8.38. The van der Waals surface area contributed by atoms with Crippen LogP contribution in [0.5, 0.6) is 0 Å². The van der Waals surface area contributed by atoms with Crippen molar-refractivity contribution in [1.29, 1.82) is 0 Å². The molecule has 0 spiro atoms. The van der Waals surface area contributed by atoms with Gasteiger partial charge in [0.25, 0.3) is 0 Å². The summed E-state index contributed by atoms with van der Waals surface area (Å²) >= 11 is 0. The van der Waals surface area contributed by atoms with E-state index in [4.69, 9.17) is 0 Å². The van der Waals surface area contributed by atoms with Crippen molar-refractivity contribution in [3.63, 3.8) is 0 Å². The summed E-state index contributed by atoms with van der Waals surface area (Å²) in [6.45, 7) is 1.53. The summed E-state index contributed by atoms with van der Waals surface area (Å²) in [6, 6.07) is 0. The molecule has 4 rings (SSSR count). The number of hydrogen-bond donors (Lipinski definition) is 0. The van der Waals surface area contributed by atoms with E-state index in [9.17, 15) is 4.79 Å². The maximum absolute atomic E-state index is 11.0. The summed E-state index contributed by atoms with van der Waals surface area (Å²) in [6.07, 6.45) is 14.3. The number of nitrogens with zero attached hydrogens (tertiary/aromatic N) is 4. The molecule has 2 aliphatic rings. The lowest BCUT2D eigenvalue weighted by Gasteiger charge is -2.13. The third kappa shape index (κ3) is 3.97. The van der Waals surface area contributed by atoms with E-state index in [1.165, 1.54) is 44.0 Å². The van der Waals surface area contributed by atoms with Crippen LogP contribution in [0.3, 0.4) is 0 Å². The van der Waals surface area contributed by atoms with E-state index < -0.39 is 0 Å². The van der Waals surface area contributed by atoms with E-state index in [1.807, 2.05) is 0 Å². The van der Waals surface area contributed by atoms with Crippen LogP contribution in [0.15, 0.2) is 18.6 Å². The maximum Gasteiger partial charge on any atom is 0.179 e. The van der Waals surface area contributed by atoms with Crippen LogP contribution in [-0.4, -0.2) is 25.7 Å². The summed E-state index contributed by atoms with van der Waals surface area (Å²) in [5.41, 5.74) is 5.04. The van der Waals surface area contributed by atoms with E-state index in [1.54, 1.807) is 18.6 Å². The number of rotatable bonds is 1. The lowest BCUT2D eigenvalue weighted by atomic mass is 10.0. The molecule has 0 fully saturated rings. The van der Waals surface area contributed by atoms with E-state index in [0.717, 1.165) is 37.1 Å². The third-order valence-electron chi connectivity index (χ3n) is 4.31. The predicted octanol–water partition coefficient (Wildman–Crippen LogP) is 2.91. The Morgan fingerprint density at radius 2 is 1.26 bits per heavy atom. The minimum atomic E-state index is 0.000809. The molecule has 23 heavy (non-hydrogen) atoms. The fraction of sp³-hybridized carbons (Fsp3) is 0.500. The van der Waals surface area contributed by atoms with Crippen molar-refractivity contribution in [3.8, 4) is 0 Å². The second-order valence-electron chi connectivity index (χ2n) is 6.07. The van der Waals surface area contributed by atoms with Crippen LogP contribution in [0.25, 0.3) is 0 Å². The Morgan fingerprint density at radius 1 is 0.783 bits per heavy atom. The van der Waals surface area contributed by atoms with Gasteiger partial charge in [0.15, 0.2) is 5.78 Å². The van der Waals surface area contributed by atoms with Gasteiger partial charge in [0.05, 0.1) is 29.0 Å². The van der Waals surface area contributed by atoms with Gasteiger partial charge in [0.1, 0.15) is 5.69 Å². The van der Waals surface area contributed by atoms with Crippen molar-refractivity contribution >= 4 is 5.78 Å². The molecule has 0 N–H and O–H groups in total. The Kier molecular flexibility index (Phi) is 5.05. The number of carbonyl (C=O) groups excluding carboxylic acids is 1. The largest absolute Gasteiger partial charge is 0.293 e. The Labute approximate surface area is 136 Å². The Balaban J connectivity index is 0.000000140. The lowest BCUT2D eigenvalue weighted by Crippen LogP contribution is -2.11. The molecule has 120 valence electrons. The van der Waals surface area contributed by atoms with Gasteiger partial charge in [0, 0.05) is 19.3 Å². The fourth-order valence-electron chi connectivity index (χ4n) is 3.01. The first kappa shape index (κ1) is 15.7. The molecule has 2 heterocycles. The summed E-state index contributed by atoms with van der Waals surface area (Å²) in [7, 11) is 0. The van der Waals surface area contributed by atoms with Crippen LogP contribution >= 0.6 is 0 Å². The highest BCUT2D eigenvalue weighted by Gasteiger charge is 2.13. The van der Waals surface area contributed by atoms with Crippen molar-refractivity contribution < 1.29 is 4.79 Å². The highest BCUT2D eigenvalue weighted by Crippen LogP contribution is 2.17. The fourth-order valence-corrected chi connectivity index (χ4v) is 3.01. The van der Waals surface area contributed by atoms with Gasteiger partial charge in [-0.3, -0.25) is 19.7 Å². The molecule has 0 atom stereocenters. The van der Waals surface area contributed by atoms with Gasteiger partial charge < -0.3 is 0 Å². The summed E-state index contributed by atoms with van der Waals surface area (Å²) in [4.78, 5) is 28.1. The normalized spacial score (nSPS) is 15.7. The molecule has 0 saturated carbocycles. The molecule has 0 saturated heterocycles. The second kappa shape index (κ2) is 7.40. The molecular formula is C18H22N4O. The van der Waals surface area contributed by atoms with Crippen LogP contribution in [0.4, 0.5) is 0 Å². The van der Waals surface area contributed by atoms with Crippen LogP contribution in [0.1, 0.15) is 65.9 Å². The summed E-state index contributed by atoms with van der Waals surface area (Å²) in [5, 5.41) is 0. The summed E-state index contributed by atoms with van der Waals surface area (Å²) in [5.74, 6) is 0.000809. The number of aromatic nitrogens is 4. The van der Waals surface area contributed by atoms with Gasteiger partial charge in [-0.05, 0) is 51.4 Å². The topological polar surface area (TPSA) is 68.6 Å².